The highest BCUT2D eigenvalue weighted by Crippen LogP contribution is 2.14. The van der Waals surface area contributed by atoms with E-state index in [1.807, 2.05) is 0 Å². The second-order valence-electron chi connectivity index (χ2n) is 3.14. The van der Waals surface area contributed by atoms with Crippen molar-refractivity contribution >= 4 is 0 Å². The van der Waals surface area contributed by atoms with Gasteiger partial charge in [-0.1, -0.05) is 0 Å². The molecule has 0 radical (unpaired) electrons. The van der Waals surface area contributed by atoms with Crippen molar-refractivity contribution in [3.05, 3.63) is 24.7 Å². The Kier molecular flexibility index (Phi) is 8.24. The highest BCUT2D eigenvalue weighted by molar-refractivity contribution is 4.79. The molecule has 0 rings (SSSR count). The molecule has 0 heterocycles. The molecule has 112 valence electrons. The van der Waals surface area contributed by atoms with Gasteiger partial charge in [0.1, 0.15) is 13.2 Å². The minimum Gasteiger partial charge on any atom is -0.473 e. The molecule has 9 heteroatoms. The summed E-state index contributed by atoms with van der Waals surface area (Å²) in [6, 6.07) is 0. The van der Waals surface area contributed by atoms with Crippen LogP contribution in [0, 0.1) is 0 Å². The van der Waals surface area contributed by atoms with Crippen molar-refractivity contribution in [2.24, 2.45) is 0 Å². The molecule has 0 fully saturated rings. The first-order chi connectivity index (χ1) is 8.71. The lowest BCUT2D eigenvalue weighted by atomic mass is 10.6. The molecule has 0 aromatic carbocycles. The first-order valence-electron chi connectivity index (χ1n) is 4.95. The van der Waals surface area contributed by atoms with Crippen LogP contribution in [0.3, 0.4) is 0 Å². The van der Waals surface area contributed by atoms with Gasteiger partial charge in [0.25, 0.3) is 0 Å². The highest BCUT2D eigenvalue weighted by atomic mass is 19.4. The quantitative estimate of drug-likeness (QED) is 0.391. The van der Waals surface area contributed by atoms with Crippen LogP contribution in [-0.2, 0) is 14.2 Å². The Bertz CT molecular complexity index is 254. The molecule has 0 saturated heterocycles. The van der Waals surface area contributed by atoms with E-state index in [1.165, 1.54) is 12.2 Å². The van der Waals surface area contributed by atoms with Gasteiger partial charge in [-0.15, -0.1) is 0 Å². The maximum atomic E-state index is 11.6. The van der Waals surface area contributed by atoms with Gasteiger partial charge >= 0.3 is 12.4 Å². The van der Waals surface area contributed by atoms with E-state index >= 15 is 0 Å². The average Bonchev–Trinajstić information content (AvgIpc) is 2.22. The minimum atomic E-state index is -4.38. The molecule has 3 nitrogen and oxygen atoms in total. The summed E-state index contributed by atoms with van der Waals surface area (Å²) in [6.07, 6.45) is -4.35. The minimum absolute atomic E-state index is 0.294. The Morgan fingerprint density at radius 3 is 1.37 bits per heavy atom. The maximum Gasteiger partial charge on any atom is 0.411 e. The molecule has 0 spiro atoms. The van der Waals surface area contributed by atoms with Crippen molar-refractivity contribution in [2.75, 3.05) is 26.4 Å². The second kappa shape index (κ2) is 8.81. The number of hydrogen-bond acceptors (Lipinski definition) is 3. The zero-order valence-corrected chi connectivity index (χ0v) is 9.63. The van der Waals surface area contributed by atoms with Gasteiger partial charge in [-0.05, 0) is 12.2 Å². The van der Waals surface area contributed by atoms with E-state index in [4.69, 9.17) is 0 Å². The van der Waals surface area contributed by atoms with Crippen LogP contribution in [-0.4, -0.2) is 38.8 Å². The summed E-state index contributed by atoms with van der Waals surface area (Å²) < 4.78 is 82.7. The van der Waals surface area contributed by atoms with Crippen molar-refractivity contribution in [2.45, 2.75) is 12.4 Å². The largest absolute Gasteiger partial charge is 0.473 e. The summed E-state index contributed by atoms with van der Waals surface area (Å²) in [4.78, 5) is 0. The summed E-state index contributed by atoms with van der Waals surface area (Å²) in [6.45, 7) is -3.31. The third-order valence-corrected chi connectivity index (χ3v) is 1.31. The van der Waals surface area contributed by atoms with Crippen LogP contribution in [0.1, 0.15) is 0 Å². The molecular formula is C10H12F6O3. The average molecular weight is 294 g/mol. The smallest absolute Gasteiger partial charge is 0.411 e. The summed E-state index contributed by atoms with van der Waals surface area (Å²) >= 11 is 0. The summed E-state index contributed by atoms with van der Waals surface area (Å²) in [5.41, 5.74) is 0. The second-order valence-corrected chi connectivity index (χ2v) is 3.14. The Hall–Kier alpha value is -1.22. The molecule has 0 bridgehead atoms. The number of rotatable bonds is 8. The number of halogens is 6. The third kappa shape index (κ3) is 16.8. The first-order valence-corrected chi connectivity index (χ1v) is 4.95. The van der Waals surface area contributed by atoms with Crippen LogP contribution < -0.4 is 0 Å². The monoisotopic (exact) mass is 294 g/mol. The van der Waals surface area contributed by atoms with Gasteiger partial charge in [0, 0.05) is 0 Å². The van der Waals surface area contributed by atoms with Gasteiger partial charge < -0.3 is 14.2 Å². The van der Waals surface area contributed by atoms with Crippen LogP contribution in [0.15, 0.2) is 24.7 Å². The molecule has 0 aliphatic rings. The van der Waals surface area contributed by atoms with Crippen LogP contribution in [0.2, 0.25) is 0 Å². The van der Waals surface area contributed by atoms with Gasteiger partial charge in [-0.3, -0.25) is 0 Å². The maximum absolute atomic E-state index is 11.6. The Morgan fingerprint density at radius 1 is 0.684 bits per heavy atom. The van der Waals surface area contributed by atoms with Gasteiger partial charge in [-0.25, -0.2) is 0 Å². The van der Waals surface area contributed by atoms with E-state index in [-0.39, 0.29) is 13.2 Å². The van der Waals surface area contributed by atoms with E-state index in [2.05, 4.69) is 14.2 Å². The van der Waals surface area contributed by atoms with Crippen molar-refractivity contribution in [3.8, 4) is 0 Å². The molecule has 0 atom stereocenters. The molecule has 0 aliphatic heterocycles. The van der Waals surface area contributed by atoms with E-state index in [0.29, 0.717) is 0 Å². The number of ether oxygens (including phenoxy) is 3. The Labute approximate surface area is 105 Å². The molecule has 0 N–H and O–H groups in total. The van der Waals surface area contributed by atoms with E-state index in [0.717, 1.165) is 12.5 Å². The lowest BCUT2D eigenvalue weighted by Gasteiger charge is -2.04. The summed E-state index contributed by atoms with van der Waals surface area (Å²) in [5, 5.41) is 0. The number of hydrogen-bond donors (Lipinski definition) is 0. The molecule has 0 aromatic heterocycles. The van der Waals surface area contributed by atoms with Crippen LogP contribution >= 0.6 is 0 Å². The highest BCUT2D eigenvalue weighted by Gasteiger charge is 2.27. The third-order valence-electron chi connectivity index (χ3n) is 1.31. The molecule has 0 aromatic rings. The Morgan fingerprint density at radius 2 is 1.05 bits per heavy atom. The van der Waals surface area contributed by atoms with Crippen molar-refractivity contribution in [3.63, 3.8) is 0 Å². The first kappa shape index (κ1) is 17.8. The fourth-order valence-electron chi connectivity index (χ4n) is 0.720. The van der Waals surface area contributed by atoms with Gasteiger partial charge in [-0.2, -0.15) is 26.3 Å². The predicted molar refractivity (Wildman–Crippen MR) is 53.1 cm³/mol. The molecule has 19 heavy (non-hydrogen) atoms. The molecule has 0 unspecified atom stereocenters. The van der Waals surface area contributed by atoms with Crippen LogP contribution in [0.4, 0.5) is 26.3 Å². The lowest BCUT2D eigenvalue weighted by Crippen LogP contribution is -2.16. The topological polar surface area (TPSA) is 27.7 Å². The van der Waals surface area contributed by atoms with E-state index < -0.39 is 25.6 Å². The lowest BCUT2D eigenvalue weighted by molar-refractivity contribution is -0.171. The fourth-order valence-corrected chi connectivity index (χ4v) is 0.720. The normalized spacial score (nSPS) is 13.6. The van der Waals surface area contributed by atoms with E-state index in [9.17, 15) is 26.3 Å². The summed E-state index contributed by atoms with van der Waals surface area (Å²) in [7, 11) is 0. The van der Waals surface area contributed by atoms with Gasteiger partial charge in [0.2, 0.25) is 0 Å². The fraction of sp³-hybridized carbons (Fsp3) is 0.600. The zero-order valence-electron chi connectivity index (χ0n) is 9.63. The van der Waals surface area contributed by atoms with Crippen LogP contribution in [0.5, 0.6) is 0 Å². The van der Waals surface area contributed by atoms with E-state index in [1.54, 1.807) is 0 Å². The standard InChI is InChI=1S/C10H12F6O3/c11-9(12,13)7-18-5-1-3-17-4-2-6-19-8-10(14,15)16/h1-4H,5-8H2. The zero-order chi connectivity index (χ0) is 14.8. The van der Waals surface area contributed by atoms with Gasteiger partial charge in [0.05, 0.1) is 25.7 Å². The van der Waals surface area contributed by atoms with Crippen LogP contribution in [0.25, 0.3) is 0 Å². The van der Waals surface area contributed by atoms with Crippen molar-refractivity contribution < 1.29 is 40.6 Å². The molecule has 0 amide bonds. The van der Waals surface area contributed by atoms with Crippen molar-refractivity contribution in [1.29, 1.82) is 0 Å². The van der Waals surface area contributed by atoms with Crippen molar-refractivity contribution in [1.82, 2.24) is 0 Å². The molecule has 0 aliphatic carbocycles. The molecular weight excluding hydrogens is 282 g/mol. The Balaban J connectivity index is 3.43. The predicted octanol–water partition coefficient (Wildman–Crippen LogP) is 3.19. The SMILES string of the molecule is FC(F)(F)COCC=COC=CCOCC(F)(F)F. The summed E-state index contributed by atoms with van der Waals surface area (Å²) in [5.74, 6) is 0. The number of alkyl halides is 6. The van der Waals surface area contributed by atoms with Gasteiger partial charge in [0.15, 0.2) is 0 Å². The molecule has 0 saturated carbocycles.